The highest BCUT2D eigenvalue weighted by molar-refractivity contribution is 8.23. The molecule has 162 valence electrons. The van der Waals surface area contributed by atoms with Crippen molar-refractivity contribution in [1.82, 2.24) is 4.90 Å². The average Bonchev–Trinajstić information content (AvgIpc) is 3.15. The molecule has 0 aromatic rings. The number of fused-ring (bicyclic) bond motifs is 1. The summed E-state index contributed by atoms with van der Waals surface area (Å²) < 4.78 is 22.4. The number of rotatable bonds is 6. The van der Waals surface area contributed by atoms with E-state index in [0.29, 0.717) is 15.7 Å². The number of carbonyl (C=O) groups excluding carboxylic acids is 3. The summed E-state index contributed by atoms with van der Waals surface area (Å²) in [5.74, 6) is -1.01. The van der Waals surface area contributed by atoms with Crippen molar-refractivity contribution >= 4 is 52.5 Å². The van der Waals surface area contributed by atoms with Crippen LogP contribution in [0.25, 0.3) is 0 Å². The SMILES string of the molecule is C[C@@H](O)[C@H]1C(=O)N2C(C(=O)OCOC(=O)C(C)(C)C)=C(S[C@H]3CC[S@@+]([O-])C3)S[C@H]12. The molecule has 2 saturated heterocycles. The van der Waals surface area contributed by atoms with Gasteiger partial charge < -0.3 is 19.1 Å². The summed E-state index contributed by atoms with van der Waals surface area (Å²) in [6.45, 7) is 6.07. The number of esters is 2. The van der Waals surface area contributed by atoms with E-state index in [1.165, 1.54) is 28.4 Å². The normalized spacial score (nSPS) is 30.1. The minimum Gasteiger partial charge on any atom is -0.616 e. The van der Waals surface area contributed by atoms with E-state index in [1.54, 1.807) is 27.7 Å². The van der Waals surface area contributed by atoms with Crippen LogP contribution in [0.5, 0.6) is 0 Å². The number of hydrogen-bond donors (Lipinski definition) is 1. The van der Waals surface area contributed by atoms with Crippen LogP contribution in [0, 0.1) is 11.3 Å². The maximum absolute atomic E-state index is 12.7. The Hall–Kier alpha value is -0.880. The van der Waals surface area contributed by atoms with E-state index >= 15 is 0 Å². The molecule has 0 radical (unpaired) electrons. The van der Waals surface area contributed by atoms with Crippen LogP contribution in [0.1, 0.15) is 34.1 Å². The first-order valence-corrected chi connectivity index (χ1v) is 12.5. The fourth-order valence-corrected chi connectivity index (χ4v) is 8.37. The Bertz CT molecular complexity index is 733. The third-order valence-corrected chi connectivity index (χ3v) is 9.31. The van der Waals surface area contributed by atoms with Crippen molar-refractivity contribution in [1.29, 1.82) is 0 Å². The molecule has 11 heteroatoms. The first-order chi connectivity index (χ1) is 13.5. The molecule has 5 atom stereocenters. The largest absolute Gasteiger partial charge is 0.616 e. The zero-order valence-electron chi connectivity index (χ0n) is 16.7. The van der Waals surface area contributed by atoms with E-state index < -0.39 is 47.3 Å². The fourth-order valence-electron chi connectivity index (χ4n) is 3.13. The quantitative estimate of drug-likeness (QED) is 0.270. The van der Waals surface area contributed by atoms with Gasteiger partial charge >= 0.3 is 11.9 Å². The van der Waals surface area contributed by atoms with E-state index in [-0.39, 0.29) is 22.2 Å². The summed E-state index contributed by atoms with van der Waals surface area (Å²) >= 11 is 1.91. The van der Waals surface area contributed by atoms with Crippen molar-refractivity contribution in [2.75, 3.05) is 18.3 Å². The lowest BCUT2D eigenvalue weighted by Crippen LogP contribution is -2.60. The molecule has 0 spiro atoms. The summed E-state index contributed by atoms with van der Waals surface area (Å²) in [6, 6.07) is 0. The summed E-state index contributed by atoms with van der Waals surface area (Å²) in [5, 5.41) is 9.63. The molecule has 0 aromatic heterocycles. The van der Waals surface area contributed by atoms with Crippen molar-refractivity contribution in [3.63, 3.8) is 0 Å². The lowest BCUT2D eigenvalue weighted by molar-refractivity contribution is -0.174. The zero-order chi connectivity index (χ0) is 21.5. The van der Waals surface area contributed by atoms with E-state index in [9.17, 15) is 24.0 Å². The Morgan fingerprint density at radius 2 is 2.10 bits per heavy atom. The minimum atomic E-state index is -0.864. The van der Waals surface area contributed by atoms with Gasteiger partial charge in [-0.05, 0) is 27.7 Å². The Morgan fingerprint density at radius 1 is 1.41 bits per heavy atom. The number of carbonyl (C=O) groups is 3. The van der Waals surface area contributed by atoms with Gasteiger partial charge in [-0.2, -0.15) is 0 Å². The lowest BCUT2D eigenvalue weighted by Gasteiger charge is -2.43. The number of aliphatic hydroxyl groups excluding tert-OH is 1. The third kappa shape index (κ3) is 4.73. The van der Waals surface area contributed by atoms with Gasteiger partial charge in [-0.25, -0.2) is 4.79 Å². The number of amides is 1. The van der Waals surface area contributed by atoms with Crippen LogP contribution in [-0.4, -0.2) is 67.4 Å². The highest BCUT2D eigenvalue weighted by Crippen LogP contribution is 2.55. The molecule has 0 aliphatic carbocycles. The lowest BCUT2D eigenvalue weighted by atomic mass is 9.92. The van der Waals surface area contributed by atoms with Crippen molar-refractivity contribution < 1.29 is 33.5 Å². The predicted molar refractivity (Wildman–Crippen MR) is 111 cm³/mol. The number of aliphatic hydroxyl groups is 1. The number of ether oxygens (including phenoxy) is 2. The van der Waals surface area contributed by atoms with E-state index in [0.717, 1.165) is 6.42 Å². The maximum Gasteiger partial charge on any atom is 0.359 e. The summed E-state index contributed by atoms with van der Waals surface area (Å²) in [7, 11) is 0. The molecule has 29 heavy (non-hydrogen) atoms. The van der Waals surface area contributed by atoms with Gasteiger partial charge in [-0.1, -0.05) is 22.9 Å². The second-order valence-corrected chi connectivity index (χ2v) is 12.5. The van der Waals surface area contributed by atoms with Crippen LogP contribution >= 0.6 is 23.5 Å². The standard InChI is InChI=1S/C18H25NO7S3/c1-9(20)11-13(21)19-12(15(22)25-8-26-17(23)18(2,3)4)16(28-14(11)19)27-10-5-6-29(24)7-10/h9-11,14,20H,5-8H2,1-4H3/t9-,10+,11+,14-,29-/m1/s1. The number of thioether (sulfide) groups is 2. The van der Waals surface area contributed by atoms with E-state index in [2.05, 4.69) is 0 Å². The number of nitrogens with zero attached hydrogens (tertiary/aromatic N) is 1. The molecule has 1 amide bonds. The van der Waals surface area contributed by atoms with Crippen LogP contribution in [0.4, 0.5) is 0 Å². The van der Waals surface area contributed by atoms with Gasteiger partial charge in [-0.15, -0.1) is 11.8 Å². The molecular formula is C18H25NO7S3. The van der Waals surface area contributed by atoms with Crippen molar-refractivity contribution in [2.45, 2.75) is 50.8 Å². The molecule has 3 aliphatic rings. The van der Waals surface area contributed by atoms with Gasteiger partial charge in [-0.3, -0.25) is 14.5 Å². The average molecular weight is 464 g/mol. The van der Waals surface area contributed by atoms with Crippen LogP contribution in [0.2, 0.25) is 0 Å². The smallest absolute Gasteiger partial charge is 0.359 e. The Morgan fingerprint density at radius 3 is 2.66 bits per heavy atom. The molecule has 0 bridgehead atoms. The summed E-state index contributed by atoms with van der Waals surface area (Å²) in [5.41, 5.74) is -0.604. The summed E-state index contributed by atoms with van der Waals surface area (Å²) in [6.07, 6.45) is -0.0599. The zero-order valence-corrected chi connectivity index (χ0v) is 19.2. The minimum absolute atomic E-state index is 0.0960. The van der Waals surface area contributed by atoms with Crippen LogP contribution in [-0.2, 0) is 35.0 Å². The van der Waals surface area contributed by atoms with E-state index in [4.69, 9.17) is 9.47 Å². The Balaban J connectivity index is 1.71. The molecule has 0 unspecified atom stereocenters. The van der Waals surface area contributed by atoms with Crippen LogP contribution in [0.3, 0.4) is 0 Å². The number of hydrogen-bond acceptors (Lipinski definition) is 9. The fraction of sp³-hybridized carbons (Fsp3) is 0.722. The van der Waals surface area contributed by atoms with Gasteiger partial charge in [0.05, 0.1) is 26.9 Å². The van der Waals surface area contributed by atoms with Crippen molar-refractivity contribution in [3.8, 4) is 0 Å². The molecule has 0 saturated carbocycles. The van der Waals surface area contributed by atoms with Gasteiger partial charge in [0.15, 0.2) is 5.70 Å². The van der Waals surface area contributed by atoms with Crippen molar-refractivity contribution in [2.24, 2.45) is 11.3 Å². The van der Waals surface area contributed by atoms with Gasteiger partial charge in [0, 0.05) is 6.42 Å². The molecule has 1 N–H and O–H groups in total. The molecule has 2 fully saturated rings. The van der Waals surface area contributed by atoms with Crippen molar-refractivity contribution in [3.05, 3.63) is 9.93 Å². The first-order valence-electron chi connectivity index (χ1n) is 9.28. The van der Waals surface area contributed by atoms with Gasteiger partial charge in [0.2, 0.25) is 12.7 Å². The molecular weight excluding hydrogens is 438 g/mol. The van der Waals surface area contributed by atoms with Gasteiger partial charge in [0.25, 0.3) is 0 Å². The monoisotopic (exact) mass is 463 g/mol. The molecule has 3 aliphatic heterocycles. The summed E-state index contributed by atoms with van der Waals surface area (Å²) in [4.78, 5) is 38.4. The van der Waals surface area contributed by atoms with Crippen LogP contribution < -0.4 is 0 Å². The van der Waals surface area contributed by atoms with Crippen LogP contribution in [0.15, 0.2) is 9.93 Å². The topological polar surface area (TPSA) is 116 Å². The third-order valence-electron chi connectivity index (χ3n) is 4.76. The highest BCUT2D eigenvalue weighted by Gasteiger charge is 2.58. The highest BCUT2D eigenvalue weighted by atomic mass is 32.2. The molecule has 8 nitrogen and oxygen atoms in total. The molecule has 3 rings (SSSR count). The molecule has 0 aromatic carbocycles. The maximum atomic E-state index is 12.7. The Labute approximate surface area is 181 Å². The van der Waals surface area contributed by atoms with E-state index in [1.807, 2.05) is 0 Å². The number of β-lactam (4-membered cyclic amide) rings is 1. The second kappa shape index (κ2) is 8.70. The predicted octanol–water partition coefficient (Wildman–Crippen LogP) is 1.41. The molecule has 3 heterocycles. The Kier molecular flexibility index (Phi) is 6.84. The van der Waals surface area contributed by atoms with Gasteiger partial charge in [0.1, 0.15) is 16.9 Å². The second-order valence-electron chi connectivity index (χ2n) is 8.19. The first kappa shape index (κ1) is 22.8.